The summed E-state index contributed by atoms with van der Waals surface area (Å²) in [5.41, 5.74) is 2.41. The topological polar surface area (TPSA) is 0 Å². The molecule has 0 nitrogen and oxygen atoms in total. The third kappa shape index (κ3) is 2.80. The number of hydrogen-bond donors (Lipinski definition) is 0. The largest absolute Gasteiger partial charge is 0.0678 e. The van der Waals surface area contributed by atoms with Gasteiger partial charge in [0.15, 0.2) is 0 Å². The molecule has 2 aliphatic carbocycles. The van der Waals surface area contributed by atoms with E-state index in [0.29, 0.717) is 0 Å². The van der Waals surface area contributed by atoms with Crippen molar-refractivity contribution in [2.45, 2.75) is 101 Å². The van der Waals surface area contributed by atoms with Gasteiger partial charge in [-0.25, -0.2) is 0 Å². The van der Waals surface area contributed by atoms with Crippen LogP contribution in [-0.4, -0.2) is 8.07 Å². The third-order valence-corrected chi connectivity index (χ3v) is 13.2. The van der Waals surface area contributed by atoms with Crippen LogP contribution in [0.15, 0.2) is 0 Å². The Morgan fingerprint density at radius 3 is 1.29 bits per heavy atom. The summed E-state index contributed by atoms with van der Waals surface area (Å²) < 4.78 is 0. The summed E-state index contributed by atoms with van der Waals surface area (Å²) in [5, 5.41) is 0. The van der Waals surface area contributed by atoms with E-state index in [2.05, 4.69) is 13.8 Å². The van der Waals surface area contributed by atoms with Crippen LogP contribution in [0.25, 0.3) is 0 Å². The Kier molecular flexibility index (Phi) is 5.14. The van der Waals surface area contributed by atoms with E-state index in [1.54, 1.807) is 63.5 Å². The Labute approximate surface area is 110 Å². The van der Waals surface area contributed by atoms with Gasteiger partial charge in [-0.1, -0.05) is 90.1 Å². The highest BCUT2D eigenvalue weighted by Gasteiger charge is 2.44. The van der Waals surface area contributed by atoms with Crippen molar-refractivity contribution in [3.8, 4) is 0 Å². The highest BCUT2D eigenvalue weighted by atomic mass is 28.3. The minimum Gasteiger partial charge on any atom is -0.0678 e. The van der Waals surface area contributed by atoms with E-state index in [-0.39, 0.29) is 0 Å². The van der Waals surface area contributed by atoms with Gasteiger partial charge in [-0.15, -0.1) is 0 Å². The van der Waals surface area contributed by atoms with Crippen LogP contribution in [0.2, 0.25) is 23.2 Å². The Bertz CT molecular complexity index is 188. The highest BCUT2D eigenvalue weighted by Crippen LogP contribution is 2.51. The van der Waals surface area contributed by atoms with Gasteiger partial charge in [0.05, 0.1) is 8.07 Å². The lowest BCUT2D eigenvalue weighted by Gasteiger charge is -2.47. The molecule has 0 aliphatic heterocycles. The zero-order chi connectivity index (χ0) is 12.1. The summed E-state index contributed by atoms with van der Waals surface area (Å²) in [5.74, 6) is 0. The maximum absolute atomic E-state index is 2.54. The number of rotatable bonds is 4. The summed E-state index contributed by atoms with van der Waals surface area (Å²) in [6.45, 7) is 5.08. The van der Waals surface area contributed by atoms with Crippen LogP contribution >= 0.6 is 0 Å². The molecule has 0 aromatic carbocycles. The van der Waals surface area contributed by atoms with Gasteiger partial charge >= 0.3 is 0 Å². The van der Waals surface area contributed by atoms with Gasteiger partial charge in [-0.3, -0.25) is 0 Å². The molecule has 0 atom stereocenters. The van der Waals surface area contributed by atoms with Crippen molar-refractivity contribution < 1.29 is 0 Å². The summed E-state index contributed by atoms with van der Waals surface area (Å²) in [7, 11) is -0.942. The molecule has 0 radical (unpaired) electrons. The Morgan fingerprint density at radius 1 is 0.647 bits per heavy atom. The molecular weight excluding hydrogens is 220 g/mol. The van der Waals surface area contributed by atoms with Crippen molar-refractivity contribution in [3.05, 3.63) is 0 Å². The van der Waals surface area contributed by atoms with Crippen LogP contribution < -0.4 is 0 Å². The van der Waals surface area contributed by atoms with E-state index in [0.717, 1.165) is 0 Å². The van der Waals surface area contributed by atoms with E-state index < -0.39 is 8.07 Å². The second-order valence-electron chi connectivity index (χ2n) is 6.61. The maximum atomic E-state index is 2.54. The van der Waals surface area contributed by atoms with E-state index in [1.807, 2.05) is 0 Å². The van der Waals surface area contributed by atoms with Crippen molar-refractivity contribution in [2.75, 3.05) is 0 Å². The smallest absolute Gasteiger partial charge is 0.0592 e. The molecule has 17 heavy (non-hydrogen) atoms. The summed E-state index contributed by atoms with van der Waals surface area (Å²) in [6.07, 6.45) is 15.7. The first-order chi connectivity index (χ1) is 8.33. The number of hydrogen-bond acceptors (Lipinski definition) is 0. The third-order valence-electron chi connectivity index (χ3n) is 6.15. The van der Waals surface area contributed by atoms with Crippen molar-refractivity contribution in [1.82, 2.24) is 0 Å². The van der Waals surface area contributed by atoms with Gasteiger partial charge in [-0.2, -0.15) is 0 Å². The molecule has 2 rings (SSSR count). The summed E-state index contributed by atoms with van der Waals surface area (Å²) in [4.78, 5) is 0. The SMILES string of the molecule is CC[Si](CC)(C1CCCCC1)C1CCCCC1. The van der Waals surface area contributed by atoms with Gasteiger partial charge in [0.1, 0.15) is 0 Å². The van der Waals surface area contributed by atoms with Crippen molar-refractivity contribution >= 4 is 8.07 Å². The van der Waals surface area contributed by atoms with Gasteiger partial charge in [0, 0.05) is 0 Å². The van der Waals surface area contributed by atoms with Crippen LogP contribution in [0.1, 0.15) is 78.1 Å². The molecule has 0 aromatic rings. The van der Waals surface area contributed by atoms with E-state index >= 15 is 0 Å². The fourth-order valence-corrected chi connectivity index (χ4v) is 11.7. The van der Waals surface area contributed by atoms with Crippen LogP contribution in [0.3, 0.4) is 0 Å². The van der Waals surface area contributed by atoms with Crippen molar-refractivity contribution in [2.24, 2.45) is 0 Å². The Morgan fingerprint density at radius 2 is 1.00 bits per heavy atom. The maximum Gasteiger partial charge on any atom is 0.0592 e. The van der Waals surface area contributed by atoms with Gasteiger partial charge in [0.2, 0.25) is 0 Å². The zero-order valence-electron chi connectivity index (χ0n) is 12.1. The summed E-state index contributed by atoms with van der Waals surface area (Å²) >= 11 is 0. The predicted molar refractivity (Wildman–Crippen MR) is 80.4 cm³/mol. The lowest BCUT2D eigenvalue weighted by molar-refractivity contribution is 0.448. The van der Waals surface area contributed by atoms with Gasteiger partial charge < -0.3 is 0 Å². The fourth-order valence-electron chi connectivity index (χ4n) is 5.09. The molecule has 0 saturated heterocycles. The predicted octanol–water partition coefficient (Wildman–Crippen LogP) is 6.14. The molecule has 0 N–H and O–H groups in total. The molecule has 0 amide bonds. The molecule has 1 heteroatoms. The Balaban J connectivity index is 2.10. The van der Waals surface area contributed by atoms with Crippen molar-refractivity contribution in [3.63, 3.8) is 0 Å². The van der Waals surface area contributed by atoms with Crippen LogP contribution in [0.5, 0.6) is 0 Å². The van der Waals surface area contributed by atoms with Crippen LogP contribution in [0, 0.1) is 0 Å². The van der Waals surface area contributed by atoms with E-state index in [9.17, 15) is 0 Å². The quantitative estimate of drug-likeness (QED) is 0.527. The first kappa shape index (κ1) is 13.6. The molecule has 2 aliphatic rings. The molecule has 100 valence electrons. The average molecular weight is 253 g/mol. The molecule has 0 spiro atoms. The molecule has 0 bridgehead atoms. The summed E-state index contributed by atoms with van der Waals surface area (Å²) in [6, 6.07) is 3.16. The van der Waals surface area contributed by atoms with Crippen LogP contribution in [-0.2, 0) is 0 Å². The molecule has 2 saturated carbocycles. The lowest BCUT2D eigenvalue weighted by atomic mass is 9.99. The molecular formula is C16H32Si. The zero-order valence-corrected chi connectivity index (χ0v) is 13.1. The van der Waals surface area contributed by atoms with Crippen LogP contribution in [0.4, 0.5) is 0 Å². The normalized spacial score (nSPS) is 25.1. The first-order valence-corrected chi connectivity index (χ1v) is 10.9. The minimum atomic E-state index is -0.942. The molecule has 0 heterocycles. The van der Waals surface area contributed by atoms with E-state index in [4.69, 9.17) is 0 Å². The monoisotopic (exact) mass is 252 g/mol. The Hall–Kier alpha value is 0.217. The van der Waals surface area contributed by atoms with E-state index in [1.165, 1.54) is 23.9 Å². The highest BCUT2D eigenvalue weighted by molar-refractivity contribution is 6.82. The molecule has 2 fully saturated rings. The van der Waals surface area contributed by atoms with Gasteiger partial charge in [0.25, 0.3) is 0 Å². The first-order valence-electron chi connectivity index (χ1n) is 8.33. The molecule has 0 aromatic heterocycles. The standard InChI is InChI=1S/C16H32Si/c1-3-17(4-2,15-11-7-5-8-12-15)16-13-9-6-10-14-16/h15-16H,3-14H2,1-2H3. The minimum absolute atomic E-state index is 0.942. The van der Waals surface area contributed by atoms with Gasteiger partial charge in [-0.05, 0) is 11.1 Å². The second kappa shape index (κ2) is 6.40. The second-order valence-corrected chi connectivity index (χ2v) is 12.1. The average Bonchev–Trinajstić information content (AvgIpc) is 2.43. The van der Waals surface area contributed by atoms with Crippen molar-refractivity contribution in [1.29, 1.82) is 0 Å². The lowest BCUT2D eigenvalue weighted by Crippen LogP contribution is -2.45. The molecule has 0 unspecified atom stereocenters. The fraction of sp³-hybridized carbons (Fsp3) is 1.00.